The van der Waals surface area contributed by atoms with Crippen molar-refractivity contribution in [2.24, 2.45) is 0 Å². The minimum atomic E-state index is 0.637. The van der Waals surface area contributed by atoms with Crippen LogP contribution in [0, 0.1) is 0 Å². The van der Waals surface area contributed by atoms with Gasteiger partial charge in [0.1, 0.15) is 12.1 Å². The van der Waals surface area contributed by atoms with Crippen molar-refractivity contribution in [2.75, 3.05) is 37.7 Å². The molecule has 1 aliphatic heterocycles. The van der Waals surface area contributed by atoms with Crippen LogP contribution < -0.4 is 9.64 Å². The van der Waals surface area contributed by atoms with Gasteiger partial charge >= 0.3 is 0 Å². The van der Waals surface area contributed by atoms with Gasteiger partial charge in [0.2, 0.25) is 5.88 Å². The Morgan fingerprint density at radius 1 is 1.32 bits per heavy atom. The van der Waals surface area contributed by atoms with Crippen LogP contribution in [0.3, 0.4) is 0 Å². The molecule has 1 fully saturated rings. The van der Waals surface area contributed by atoms with E-state index in [1.807, 2.05) is 13.0 Å². The van der Waals surface area contributed by atoms with Crippen LogP contribution >= 0.6 is 0 Å². The summed E-state index contributed by atoms with van der Waals surface area (Å²) in [5.74, 6) is 1.65. The van der Waals surface area contributed by atoms with Gasteiger partial charge in [0.05, 0.1) is 6.61 Å². The smallest absolute Gasteiger partial charge is 0.218 e. The number of aromatic nitrogens is 2. The molecule has 0 aliphatic carbocycles. The summed E-state index contributed by atoms with van der Waals surface area (Å²) in [7, 11) is 0. The van der Waals surface area contributed by atoms with Gasteiger partial charge in [-0.25, -0.2) is 9.97 Å². The maximum atomic E-state index is 5.43. The maximum absolute atomic E-state index is 5.43. The van der Waals surface area contributed by atoms with Gasteiger partial charge in [0.15, 0.2) is 0 Å². The molecule has 19 heavy (non-hydrogen) atoms. The SMILES string of the molecule is CCOc1cc(N2CCC(N(CC)CC)C2)ncn1. The normalized spacial score (nSPS) is 19.2. The second kappa shape index (κ2) is 6.70. The van der Waals surface area contributed by atoms with Crippen molar-refractivity contribution in [1.82, 2.24) is 14.9 Å². The van der Waals surface area contributed by atoms with Crippen molar-refractivity contribution < 1.29 is 4.74 Å². The molecule has 1 atom stereocenters. The van der Waals surface area contributed by atoms with Crippen LogP contribution in [0.25, 0.3) is 0 Å². The summed E-state index contributed by atoms with van der Waals surface area (Å²) in [4.78, 5) is 13.3. The summed E-state index contributed by atoms with van der Waals surface area (Å²) in [5.41, 5.74) is 0. The highest BCUT2D eigenvalue weighted by molar-refractivity contribution is 5.42. The number of likely N-dealkylation sites (N-methyl/N-ethyl adjacent to an activating group) is 1. The molecule has 0 radical (unpaired) electrons. The van der Waals surface area contributed by atoms with Gasteiger partial charge < -0.3 is 9.64 Å². The third-order valence-corrected chi connectivity index (χ3v) is 3.74. The quantitative estimate of drug-likeness (QED) is 0.783. The van der Waals surface area contributed by atoms with E-state index in [-0.39, 0.29) is 0 Å². The number of anilines is 1. The van der Waals surface area contributed by atoms with E-state index in [0.29, 0.717) is 18.5 Å². The topological polar surface area (TPSA) is 41.5 Å². The molecule has 0 bridgehead atoms. The molecule has 0 aromatic carbocycles. The fourth-order valence-electron chi connectivity index (χ4n) is 2.72. The first kappa shape index (κ1) is 14.1. The minimum absolute atomic E-state index is 0.637. The van der Waals surface area contributed by atoms with E-state index in [2.05, 4.69) is 33.6 Å². The highest BCUT2D eigenvalue weighted by Gasteiger charge is 2.27. The van der Waals surface area contributed by atoms with E-state index in [1.54, 1.807) is 6.33 Å². The van der Waals surface area contributed by atoms with E-state index in [0.717, 1.165) is 32.0 Å². The second-order valence-corrected chi connectivity index (χ2v) is 4.76. The summed E-state index contributed by atoms with van der Waals surface area (Å²) in [6, 6.07) is 2.58. The Morgan fingerprint density at radius 2 is 2.11 bits per heavy atom. The fourth-order valence-corrected chi connectivity index (χ4v) is 2.72. The molecule has 106 valence electrons. The van der Waals surface area contributed by atoms with Crippen LogP contribution in [0.5, 0.6) is 5.88 Å². The van der Waals surface area contributed by atoms with Crippen molar-refractivity contribution in [3.63, 3.8) is 0 Å². The highest BCUT2D eigenvalue weighted by atomic mass is 16.5. The van der Waals surface area contributed by atoms with Gasteiger partial charge in [-0.2, -0.15) is 0 Å². The molecule has 1 aliphatic rings. The summed E-state index contributed by atoms with van der Waals surface area (Å²) in [6.45, 7) is 11.4. The number of hydrogen-bond donors (Lipinski definition) is 0. The Kier molecular flexibility index (Phi) is 4.96. The molecule has 1 aromatic heterocycles. The van der Waals surface area contributed by atoms with Crippen LogP contribution in [0.2, 0.25) is 0 Å². The van der Waals surface area contributed by atoms with Gasteiger partial charge in [0, 0.05) is 25.2 Å². The zero-order chi connectivity index (χ0) is 13.7. The molecule has 0 amide bonds. The lowest BCUT2D eigenvalue weighted by Gasteiger charge is -2.26. The number of rotatable bonds is 6. The van der Waals surface area contributed by atoms with Crippen molar-refractivity contribution in [3.8, 4) is 5.88 Å². The lowest BCUT2D eigenvalue weighted by atomic mass is 10.2. The molecule has 5 nitrogen and oxygen atoms in total. The van der Waals surface area contributed by atoms with Crippen molar-refractivity contribution in [2.45, 2.75) is 33.2 Å². The molecule has 5 heteroatoms. The molecule has 0 saturated carbocycles. The number of ether oxygens (including phenoxy) is 1. The largest absolute Gasteiger partial charge is 0.478 e. The Labute approximate surface area is 115 Å². The summed E-state index contributed by atoms with van der Waals surface area (Å²) < 4.78 is 5.43. The van der Waals surface area contributed by atoms with Crippen LogP contribution in [-0.4, -0.2) is 53.7 Å². The Morgan fingerprint density at radius 3 is 2.79 bits per heavy atom. The molecule has 1 saturated heterocycles. The molecule has 2 heterocycles. The first-order valence-corrected chi connectivity index (χ1v) is 7.22. The van der Waals surface area contributed by atoms with Crippen LogP contribution in [0.4, 0.5) is 5.82 Å². The standard InChI is InChI=1S/C14H24N4O/c1-4-17(5-2)12-7-8-18(10-12)13-9-14(19-6-3)16-11-15-13/h9,11-12H,4-8,10H2,1-3H3. The van der Waals surface area contributed by atoms with E-state index < -0.39 is 0 Å². The molecule has 0 N–H and O–H groups in total. The minimum Gasteiger partial charge on any atom is -0.478 e. The molecule has 2 rings (SSSR count). The Bertz CT molecular complexity index is 395. The Hall–Kier alpha value is -1.36. The molecule has 1 aromatic rings. The zero-order valence-electron chi connectivity index (χ0n) is 12.2. The van der Waals surface area contributed by atoms with E-state index in [4.69, 9.17) is 4.74 Å². The van der Waals surface area contributed by atoms with Crippen LogP contribution in [-0.2, 0) is 0 Å². The van der Waals surface area contributed by atoms with Crippen LogP contribution in [0.1, 0.15) is 27.2 Å². The van der Waals surface area contributed by atoms with Gasteiger partial charge in [-0.15, -0.1) is 0 Å². The molecule has 0 spiro atoms. The average Bonchev–Trinajstić information content (AvgIpc) is 2.91. The van der Waals surface area contributed by atoms with Crippen molar-refractivity contribution in [3.05, 3.63) is 12.4 Å². The molecule has 1 unspecified atom stereocenters. The monoisotopic (exact) mass is 264 g/mol. The third kappa shape index (κ3) is 3.35. The van der Waals surface area contributed by atoms with Gasteiger partial charge in [-0.1, -0.05) is 13.8 Å². The Balaban J connectivity index is 2.02. The van der Waals surface area contributed by atoms with Crippen molar-refractivity contribution >= 4 is 5.82 Å². The van der Waals surface area contributed by atoms with Gasteiger partial charge in [0.25, 0.3) is 0 Å². The number of hydrogen-bond acceptors (Lipinski definition) is 5. The third-order valence-electron chi connectivity index (χ3n) is 3.74. The number of nitrogens with zero attached hydrogens (tertiary/aromatic N) is 4. The first-order valence-electron chi connectivity index (χ1n) is 7.22. The summed E-state index contributed by atoms with van der Waals surface area (Å²) in [6.07, 6.45) is 2.79. The molecular formula is C14H24N4O. The lowest BCUT2D eigenvalue weighted by Crippen LogP contribution is -2.37. The van der Waals surface area contributed by atoms with Gasteiger partial charge in [-0.05, 0) is 26.4 Å². The first-order chi connectivity index (χ1) is 9.28. The van der Waals surface area contributed by atoms with Crippen molar-refractivity contribution in [1.29, 1.82) is 0 Å². The van der Waals surface area contributed by atoms with Gasteiger partial charge in [-0.3, -0.25) is 4.90 Å². The van der Waals surface area contributed by atoms with E-state index in [1.165, 1.54) is 6.42 Å². The van der Waals surface area contributed by atoms with E-state index >= 15 is 0 Å². The summed E-state index contributed by atoms with van der Waals surface area (Å²) in [5, 5.41) is 0. The second-order valence-electron chi connectivity index (χ2n) is 4.76. The van der Waals surface area contributed by atoms with Crippen LogP contribution in [0.15, 0.2) is 12.4 Å². The molecular weight excluding hydrogens is 240 g/mol. The average molecular weight is 264 g/mol. The zero-order valence-corrected chi connectivity index (χ0v) is 12.2. The predicted octanol–water partition coefficient (Wildman–Crippen LogP) is 1.80. The summed E-state index contributed by atoms with van der Waals surface area (Å²) >= 11 is 0. The predicted molar refractivity (Wildman–Crippen MR) is 76.7 cm³/mol. The lowest BCUT2D eigenvalue weighted by molar-refractivity contribution is 0.232. The van der Waals surface area contributed by atoms with E-state index in [9.17, 15) is 0 Å². The highest BCUT2D eigenvalue weighted by Crippen LogP contribution is 2.23. The maximum Gasteiger partial charge on any atom is 0.218 e. The fraction of sp³-hybridized carbons (Fsp3) is 0.714.